The first-order chi connectivity index (χ1) is 11.0. The van der Waals surface area contributed by atoms with Crippen LogP contribution in [0.15, 0.2) is 42.5 Å². The number of anilines is 2. The molecule has 0 aromatic heterocycles. The number of carbonyl (C=O) groups excluding carboxylic acids is 2. The zero-order chi connectivity index (χ0) is 16.2. The Bertz CT molecular complexity index is 858. The van der Waals surface area contributed by atoms with Crippen LogP contribution < -0.4 is 10.2 Å². The predicted molar refractivity (Wildman–Crippen MR) is 83.1 cm³/mol. The van der Waals surface area contributed by atoms with E-state index in [0.717, 1.165) is 34.9 Å². The van der Waals surface area contributed by atoms with E-state index in [9.17, 15) is 18.4 Å². The molecule has 1 unspecified atom stereocenters. The summed E-state index contributed by atoms with van der Waals surface area (Å²) in [5.74, 6) is -2.28. The van der Waals surface area contributed by atoms with Gasteiger partial charge in [0.05, 0.1) is 11.4 Å². The highest BCUT2D eigenvalue weighted by Crippen LogP contribution is 2.53. The minimum Gasteiger partial charge on any atom is -0.323 e. The first-order valence-electron chi connectivity index (χ1n) is 6.87. The molecule has 0 aliphatic carbocycles. The van der Waals surface area contributed by atoms with Gasteiger partial charge in [0, 0.05) is 17.3 Å². The number of amides is 2. The highest BCUT2D eigenvalue weighted by molar-refractivity contribution is 8.02. The SMILES string of the molecule is O=C1CSC2(C(=O)Nc3ccccc32)N1c1cc(F)ccc1F. The number of para-hydroxylation sites is 1. The Labute approximate surface area is 134 Å². The second kappa shape index (κ2) is 4.79. The maximum Gasteiger partial charge on any atom is 0.266 e. The Hall–Kier alpha value is -2.41. The minimum absolute atomic E-state index is 0.0116. The third kappa shape index (κ3) is 1.83. The lowest BCUT2D eigenvalue weighted by Gasteiger charge is -2.32. The molecule has 7 heteroatoms. The van der Waals surface area contributed by atoms with E-state index in [1.54, 1.807) is 24.3 Å². The lowest BCUT2D eigenvalue weighted by Crippen LogP contribution is -2.47. The average molecular weight is 332 g/mol. The molecule has 2 aliphatic heterocycles. The Morgan fingerprint density at radius 1 is 1.13 bits per heavy atom. The molecular formula is C16H10F2N2O2S. The predicted octanol–water partition coefficient (Wildman–Crippen LogP) is 2.85. The molecule has 0 radical (unpaired) electrons. The Morgan fingerprint density at radius 2 is 1.91 bits per heavy atom. The summed E-state index contributed by atoms with van der Waals surface area (Å²) in [6.07, 6.45) is 0. The lowest BCUT2D eigenvalue weighted by atomic mass is 10.0. The van der Waals surface area contributed by atoms with Gasteiger partial charge in [-0.05, 0) is 18.2 Å². The van der Waals surface area contributed by atoms with Crippen molar-refractivity contribution in [2.75, 3.05) is 16.0 Å². The Morgan fingerprint density at radius 3 is 2.74 bits per heavy atom. The molecule has 23 heavy (non-hydrogen) atoms. The van der Waals surface area contributed by atoms with Crippen LogP contribution in [0, 0.1) is 11.6 Å². The van der Waals surface area contributed by atoms with Gasteiger partial charge in [-0.15, -0.1) is 11.8 Å². The van der Waals surface area contributed by atoms with Gasteiger partial charge in [-0.25, -0.2) is 8.78 Å². The van der Waals surface area contributed by atoms with Gasteiger partial charge in [0.25, 0.3) is 5.91 Å². The Balaban J connectivity index is 1.97. The summed E-state index contributed by atoms with van der Waals surface area (Å²) in [6.45, 7) is 0. The van der Waals surface area contributed by atoms with Crippen molar-refractivity contribution in [3.63, 3.8) is 0 Å². The minimum atomic E-state index is -1.40. The zero-order valence-electron chi connectivity index (χ0n) is 11.7. The van der Waals surface area contributed by atoms with E-state index >= 15 is 0 Å². The van der Waals surface area contributed by atoms with Gasteiger partial charge in [0.2, 0.25) is 10.8 Å². The van der Waals surface area contributed by atoms with E-state index in [1.807, 2.05) is 0 Å². The summed E-state index contributed by atoms with van der Waals surface area (Å²) in [6, 6.07) is 9.79. The molecule has 2 aromatic rings. The Kier molecular flexibility index (Phi) is 2.96. The summed E-state index contributed by atoms with van der Waals surface area (Å²) >= 11 is 1.10. The van der Waals surface area contributed by atoms with Gasteiger partial charge in [-0.3, -0.25) is 14.5 Å². The van der Waals surface area contributed by atoms with E-state index < -0.39 is 28.3 Å². The fourth-order valence-corrected chi connectivity index (χ4v) is 4.32. The van der Waals surface area contributed by atoms with Gasteiger partial charge < -0.3 is 5.32 Å². The van der Waals surface area contributed by atoms with Gasteiger partial charge in [-0.2, -0.15) is 0 Å². The van der Waals surface area contributed by atoms with Gasteiger partial charge >= 0.3 is 0 Å². The highest BCUT2D eigenvalue weighted by atomic mass is 32.2. The number of hydrogen-bond acceptors (Lipinski definition) is 3. The van der Waals surface area contributed by atoms with Gasteiger partial charge in [-0.1, -0.05) is 18.2 Å². The second-order valence-electron chi connectivity index (χ2n) is 5.26. The van der Waals surface area contributed by atoms with E-state index in [1.165, 1.54) is 0 Å². The third-order valence-corrected chi connectivity index (χ3v) is 5.36. The summed E-state index contributed by atoms with van der Waals surface area (Å²) < 4.78 is 27.8. The molecule has 0 saturated carbocycles. The van der Waals surface area contributed by atoms with Crippen LogP contribution in [0.4, 0.5) is 20.2 Å². The molecule has 116 valence electrons. The van der Waals surface area contributed by atoms with Crippen molar-refractivity contribution >= 4 is 35.0 Å². The normalized spacial score (nSPS) is 22.6. The molecular weight excluding hydrogens is 322 g/mol. The number of benzene rings is 2. The summed E-state index contributed by atoms with van der Waals surface area (Å²) in [7, 11) is 0. The van der Waals surface area contributed by atoms with Crippen molar-refractivity contribution in [3.8, 4) is 0 Å². The molecule has 2 heterocycles. The largest absolute Gasteiger partial charge is 0.323 e. The van der Waals surface area contributed by atoms with Crippen molar-refractivity contribution in [2.24, 2.45) is 0 Å². The zero-order valence-corrected chi connectivity index (χ0v) is 12.5. The van der Waals surface area contributed by atoms with Gasteiger partial charge in [0.1, 0.15) is 11.6 Å². The smallest absolute Gasteiger partial charge is 0.266 e. The standard InChI is InChI=1S/C16H10F2N2O2S/c17-9-5-6-11(18)13(7-9)20-14(21)8-23-16(20)10-3-1-2-4-12(10)19-15(16)22/h1-7H,8H2,(H,19,22). The van der Waals surface area contributed by atoms with Crippen molar-refractivity contribution in [1.82, 2.24) is 0 Å². The van der Waals surface area contributed by atoms with Crippen LogP contribution in [0.25, 0.3) is 0 Å². The van der Waals surface area contributed by atoms with Crippen molar-refractivity contribution in [1.29, 1.82) is 0 Å². The number of thioether (sulfide) groups is 1. The number of nitrogens with zero attached hydrogens (tertiary/aromatic N) is 1. The number of fused-ring (bicyclic) bond motifs is 2. The average Bonchev–Trinajstić information content (AvgIpc) is 3.02. The van der Waals surface area contributed by atoms with Crippen LogP contribution >= 0.6 is 11.8 Å². The molecule has 2 amide bonds. The van der Waals surface area contributed by atoms with E-state index in [-0.39, 0.29) is 11.4 Å². The van der Waals surface area contributed by atoms with Gasteiger partial charge in [0.15, 0.2) is 0 Å². The fourth-order valence-electron chi connectivity index (χ4n) is 3.01. The van der Waals surface area contributed by atoms with Crippen LogP contribution in [0.3, 0.4) is 0 Å². The first-order valence-corrected chi connectivity index (χ1v) is 7.85. The van der Waals surface area contributed by atoms with E-state index in [0.29, 0.717) is 11.3 Å². The van der Waals surface area contributed by atoms with Crippen molar-refractivity contribution < 1.29 is 18.4 Å². The van der Waals surface area contributed by atoms with Crippen LogP contribution in [0.1, 0.15) is 5.56 Å². The molecule has 1 fully saturated rings. The first kappa shape index (κ1) is 14.2. The second-order valence-corrected chi connectivity index (χ2v) is 6.43. The summed E-state index contributed by atoms with van der Waals surface area (Å²) in [5.41, 5.74) is 0.915. The number of nitrogens with one attached hydrogen (secondary N) is 1. The van der Waals surface area contributed by atoms with E-state index in [4.69, 9.17) is 0 Å². The quantitative estimate of drug-likeness (QED) is 0.874. The molecule has 1 atom stereocenters. The topological polar surface area (TPSA) is 49.4 Å². The maximum absolute atomic E-state index is 14.2. The summed E-state index contributed by atoms with van der Waals surface area (Å²) in [5, 5.41) is 2.71. The van der Waals surface area contributed by atoms with Crippen molar-refractivity contribution in [3.05, 3.63) is 59.7 Å². The number of hydrogen-bond donors (Lipinski definition) is 1. The molecule has 1 spiro atoms. The van der Waals surface area contributed by atoms with Crippen LogP contribution in [0.2, 0.25) is 0 Å². The molecule has 2 aromatic carbocycles. The molecule has 0 bridgehead atoms. The third-order valence-electron chi connectivity index (χ3n) is 3.97. The molecule has 4 nitrogen and oxygen atoms in total. The summed E-state index contributed by atoms with van der Waals surface area (Å²) in [4.78, 5) is 24.7. The van der Waals surface area contributed by atoms with Crippen molar-refractivity contribution in [2.45, 2.75) is 4.87 Å². The number of carbonyl (C=O) groups is 2. The van der Waals surface area contributed by atoms with E-state index in [2.05, 4.69) is 5.32 Å². The molecule has 1 saturated heterocycles. The van der Waals surface area contributed by atoms with Crippen LogP contribution in [-0.2, 0) is 14.5 Å². The highest BCUT2D eigenvalue weighted by Gasteiger charge is 2.58. The molecule has 1 N–H and O–H groups in total. The van der Waals surface area contributed by atoms with Crippen LogP contribution in [-0.4, -0.2) is 17.6 Å². The lowest BCUT2D eigenvalue weighted by molar-refractivity contribution is -0.122. The maximum atomic E-state index is 14.2. The number of halogens is 2. The molecule has 4 rings (SSSR count). The molecule has 2 aliphatic rings. The van der Waals surface area contributed by atoms with Crippen LogP contribution in [0.5, 0.6) is 0 Å². The number of rotatable bonds is 1. The fraction of sp³-hybridized carbons (Fsp3) is 0.125. The monoisotopic (exact) mass is 332 g/mol.